The molecular weight excluding hydrogens is 686 g/mol. The number of benzene rings is 2. The molecule has 3 aromatic heterocycles. The quantitative estimate of drug-likeness (QED) is 0.131. The number of aliphatic hydroxyl groups excluding tert-OH is 1. The van der Waals surface area contributed by atoms with Gasteiger partial charge in [0.2, 0.25) is 0 Å². The van der Waals surface area contributed by atoms with Gasteiger partial charge in [0, 0.05) is 66.4 Å². The number of rotatable bonds is 10. The van der Waals surface area contributed by atoms with Crippen molar-refractivity contribution in [3.05, 3.63) is 111 Å². The summed E-state index contributed by atoms with van der Waals surface area (Å²) in [6, 6.07) is 17.7. The Balaban J connectivity index is 1.12. The molecule has 0 amide bonds. The van der Waals surface area contributed by atoms with Crippen LogP contribution < -0.4 is 5.32 Å². The van der Waals surface area contributed by atoms with Gasteiger partial charge in [-0.1, -0.05) is 42.3 Å². The van der Waals surface area contributed by atoms with E-state index in [2.05, 4.69) is 32.3 Å². The molecule has 53 heavy (non-hydrogen) atoms. The molecule has 0 aliphatic carbocycles. The van der Waals surface area contributed by atoms with Crippen molar-refractivity contribution in [3.8, 4) is 17.2 Å². The Morgan fingerprint density at radius 1 is 1.02 bits per heavy atom. The molecule has 2 fully saturated rings. The second-order valence-electron chi connectivity index (χ2n) is 14.0. The van der Waals surface area contributed by atoms with Crippen LogP contribution in [0.1, 0.15) is 64.8 Å². The van der Waals surface area contributed by atoms with Crippen LogP contribution in [0.5, 0.6) is 0 Å². The SMILES string of the molecule is Cc1cc(/C=C/c2nccc(-c3cccc(Nc4nccc5cc(CN6CC[C@@H](O)C6)cnc45)c3C)c2C#N)c(Cl)cc1CN1CCCC[C@H]1C(=O)O. The summed E-state index contributed by atoms with van der Waals surface area (Å²) in [5, 5.41) is 35.1. The van der Waals surface area contributed by atoms with E-state index in [-0.39, 0.29) is 6.10 Å². The lowest BCUT2D eigenvalue weighted by Gasteiger charge is -2.33. The minimum atomic E-state index is -0.779. The van der Waals surface area contributed by atoms with Crippen molar-refractivity contribution < 1.29 is 15.0 Å². The molecule has 2 atom stereocenters. The van der Waals surface area contributed by atoms with Crippen LogP contribution in [0.3, 0.4) is 0 Å². The fraction of sp³-hybridized carbons (Fsp3) is 0.310. The van der Waals surface area contributed by atoms with Gasteiger partial charge in [0.05, 0.1) is 17.4 Å². The van der Waals surface area contributed by atoms with Gasteiger partial charge in [0.1, 0.15) is 17.6 Å². The number of nitrogens with zero attached hydrogens (tertiary/aromatic N) is 6. The molecule has 11 heteroatoms. The third kappa shape index (κ3) is 7.94. The topological polar surface area (TPSA) is 138 Å². The number of aryl methyl sites for hydroxylation is 1. The maximum absolute atomic E-state index is 11.8. The van der Waals surface area contributed by atoms with Crippen LogP contribution >= 0.6 is 11.6 Å². The first-order valence-electron chi connectivity index (χ1n) is 18.0. The van der Waals surface area contributed by atoms with Crippen LogP contribution in [0.4, 0.5) is 11.5 Å². The van der Waals surface area contributed by atoms with Gasteiger partial charge in [-0.3, -0.25) is 24.6 Å². The maximum atomic E-state index is 11.8. The molecule has 2 aliphatic rings. The van der Waals surface area contributed by atoms with E-state index in [0.717, 1.165) is 94.4 Å². The third-order valence-electron chi connectivity index (χ3n) is 10.4. The van der Waals surface area contributed by atoms with Gasteiger partial charge in [-0.25, -0.2) is 4.98 Å². The van der Waals surface area contributed by atoms with Crippen molar-refractivity contribution in [2.75, 3.05) is 25.0 Å². The van der Waals surface area contributed by atoms with Gasteiger partial charge >= 0.3 is 5.97 Å². The van der Waals surface area contributed by atoms with Gasteiger partial charge in [0.15, 0.2) is 5.82 Å². The van der Waals surface area contributed by atoms with Gasteiger partial charge < -0.3 is 15.5 Å². The highest BCUT2D eigenvalue weighted by atomic mass is 35.5. The average molecular weight is 728 g/mol. The zero-order chi connectivity index (χ0) is 37.1. The van der Waals surface area contributed by atoms with Gasteiger partial charge in [-0.05, 0) is 109 Å². The second-order valence-corrected chi connectivity index (χ2v) is 14.4. The molecule has 7 rings (SSSR count). The molecule has 2 aliphatic heterocycles. The van der Waals surface area contributed by atoms with E-state index in [1.807, 2.05) is 79.6 Å². The lowest BCUT2D eigenvalue weighted by atomic mass is 9.94. The summed E-state index contributed by atoms with van der Waals surface area (Å²) in [5.41, 5.74) is 9.07. The van der Waals surface area contributed by atoms with E-state index in [0.29, 0.717) is 41.6 Å². The predicted molar refractivity (Wildman–Crippen MR) is 209 cm³/mol. The van der Waals surface area contributed by atoms with E-state index < -0.39 is 12.0 Å². The number of anilines is 2. The van der Waals surface area contributed by atoms with Crippen LogP contribution in [-0.2, 0) is 17.9 Å². The Hall–Kier alpha value is -5.18. The summed E-state index contributed by atoms with van der Waals surface area (Å²) in [5.74, 6) is -0.140. The van der Waals surface area contributed by atoms with E-state index >= 15 is 0 Å². The Morgan fingerprint density at radius 2 is 1.87 bits per heavy atom. The number of nitrogens with one attached hydrogen (secondary N) is 1. The molecule has 0 spiro atoms. The van der Waals surface area contributed by atoms with E-state index in [9.17, 15) is 20.3 Å². The molecule has 5 aromatic rings. The molecule has 270 valence electrons. The molecular formula is C42H42ClN7O3. The molecule has 2 aromatic carbocycles. The van der Waals surface area contributed by atoms with Crippen molar-refractivity contribution in [1.82, 2.24) is 24.8 Å². The fourth-order valence-electron chi connectivity index (χ4n) is 7.52. The predicted octanol–water partition coefficient (Wildman–Crippen LogP) is 7.75. The van der Waals surface area contributed by atoms with Crippen molar-refractivity contribution in [2.45, 2.75) is 64.8 Å². The number of aliphatic hydroxyl groups is 1. The first kappa shape index (κ1) is 36.2. The number of fused-ring (bicyclic) bond motifs is 1. The van der Waals surface area contributed by atoms with Gasteiger partial charge in [-0.15, -0.1) is 0 Å². The molecule has 5 heterocycles. The molecule has 10 nitrogen and oxygen atoms in total. The smallest absolute Gasteiger partial charge is 0.320 e. The highest BCUT2D eigenvalue weighted by Crippen LogP contribution is 2.35. The van der Waals surface area contributed by atoms with Crippen molar-refractivity contribution in [1.29, 1.82) is 5.26 Å². The highest BCUT2D eigenvalue weighted by molar-refractivity contribution is 6.32. The van der Waals surface area contributed by atoms with Crippen LogP contribution in [0, 0.1) is 25.2 Å². The van der Waals surface area contributed by atoms with Crippen LogP contribution in [0.2, 0.25) is 5.02 Å². The molecule has 3 N–H and O–H groups in total. The fourth-order valence-corrected chi connectivity index (χ4v) is 7.77. The third-order valence-corrected chi connectivity index (χ3v) is 10.8. The number of hydrogen-bond acceptors (Lipinski definition) is 9. The number of carboxylic acids is 1. The van der Waals surface area contributed by atoms with Crippen molar-refractivity contribution in [3.63, 3.8) is 0 Å². The number of hydrogen-bond donors (Lipinski definition) is 3. The number of nitriles is 1. The maximum Gasteiger partial charge on any atom is 0.320 e. The number of aliphatic carboxylic acids is 1. The van der Waals surface area contributed by atoms with Crippen LogP contribution in [0.25, 0.3) is 34.2 Å². The standard InChI is InChI=1S/C42H42ClN7O3/c1-26-18-29(36(43)20-31(26)24-50-16-4-3-8-39(50)42(52)53)9-10-38-35(21-44)34(12-15-45-38)33-6-5-7-37(27(33)2)48-41-40-30(11-14-46-41)19-28(22-47-40)23-49-17-13-32(51)25-49/h5-7,9-12,14-15,18-20,22,32,39,51H,3-4,8,13,16-17,23-25H2,1-2H3,(H,46,48)(H,52,53)/b10-9+/t32-,39+/m1/s1. The van der Waals surface area contributed by atoms with Gasteiger partial charge in [-0.2, -0.15) is 5.26 Å². The van der Waals surface area contributed by atoms with Crippen molar-refractivity contribution in [2.24, 2.45) is 0 Å². The zero-order valence-electron chi connectivity index (χ0n) is 29.9. The summed E-state index contributed by atoms with van der Waals surface area (Å²) in [6.45, 7) is 7.60. The number of piperidine rings is 1. The minimum absolute atomic E-state index is 0.262. The number of carbonyl (C=O) groups is 1. The van der Waals surface area contributed by atoms with Crippen LogP contribution in [0.15, 0.2) is 67.1 Å². The second kappa shape index (κ2) is 15.8. The summed E-state index contributed by atoms with van der Waals surface area (Å²) in [7, 11) is 0. The Bertz CT molecular complexity index is 2250. The summed E-state index contributed by atoms with van der Waals surface area (Å²) < 4.78 is 0. The number of aromatic nitrogens is 3. The number of carboxylic acid groups (broad SMARTS) is 1. The monoisotopic (exact) mass is 727 g/mol. The first-order chi connectivity index (χ1) is 25.7. The number of likely N-dealkylation sites (tertiary alicyclic amines) is 2. The van der Waals surface area contributed by atoms with E-state index in [4.69, 9.17) is 16.6 Å². The highest BCUT2D eigenvalue weighted by Gasteiger charge is 2.29. The van der Waals surface area contributed by atoms with Crippen LogP contribution in [-0.4, -0.2) is 72.7 Å². The summed E-state index contributed by atoms with van der Waals surface area (Å²) >= 11 is 6.77. The van der Waals surface area contributed by atoms with E-state index in [1.165, 1.54) is 0 Å². The lowest BCUT2D eigenvalue weighted by molar-refractivity contribution is -0.144. The first-order valence-corrected chi connectivity index (χ1v) is 18.4. The molecule has 0 saturated carbocycles. The number of β-amino-alcohol motifs (C(OH)–C–C–N with tert-alkyl or cyclic N) is 1. The molecule has 0 radical (unpaired) electrons. The van der Waals surface area contributed by atoms with E-state index in [1.54, 1.807) is 12.4 Å². The Kier molecular flexibility index (Phi) is 10.8. The summed E-state index contributed by atoms with van der Waals surface area (Å²) in [6.07, 6.45) is 12.1. The normalized spacial score (nSPS) is 18.1. The molecule has 0 bridgehead atoms. The Morgan fingerprint density at radius 3 is 2.66 bits per heavy atom. The minimum Gasteiger partial charge on any atom is -0.480 e. The average Bonchev–Trinajstić information content (AvgIpc) is 3.57. The largest absolute Gasteiger partial charge is 0.480 e. The zero-order valence-corrected chi connectivity index (χ0v) is 30.6. The molecule has 0 unspecified atom stereocenters. The number of halogens is 1. The Labute approximate surface area is 314 Å². The lowest BCUT2D eigenvalue weighted by Crippen LogP contribution is -2.44. The molecule has 2 saturated heterocycles. The van der Waals surface area contributed by atoms with Gasteiger partial charge in [0.25, 0.3) is 0 Å². The van der Waals surface area contributed by atoms with Crippen molar-refractivity contribution >= 4 is 52.1 Å². The number of pyridine rings is 3. The summed E-state index contributed by atoms with van der Waals surface area (Å²) in [4.78, 5) is 30.1.